The van der Waals surface area contributed by atoms with Gasteiger partial charge in [-0.25, -0.2) is 15.0 Å². The number of aromatic nitrogens is 3. The van der Waals surface area contributed by atoms with E-state index in [0.29, 0.717) is 18.9 Å². The van der Waals surface area contributed by atoms with E-state index in [2.05, 4.69) is 26.7 Å². The zero-order valence-corrected chi connectivity index (χ0v) is 17.6. The number of nitrogens with zero attached hydrogens (tertiary/aromatic N) is 4. The third kappa shape index (κ3) is 3.71. The lowest BCUT2D eigenvalue weighted by molar-refractivity contribution is -0.129. The van der Waals surface area contributed by atoms with Crippen LogP contribution in [0.15, 0.2) is 49.2 Å². The minimum atomic E-state index is -0.493. The second-order valence-corrected chi connectivity index (χ2v) is 7.90. The molecule has 2 aliphatic heterocycles. The van der Waals surface area contributed by atoms with Crippen LogP contribution in [-0.2, 0) is 22.6 Å². The Kier molecular flexibility index (Phi) is 5.10. The van der Waals surface area contributed by atoms with Gasteiger partial charge in [-0.05, 0) is 53.6 Å². The van der Waals surface area contributed by atoms with Gasteiger partial charge in [0, 0.05) is 49.2 Å². The number of amides is 1. The Hall–Kier alpha value is -4.07. The largest absolute Gasteiger partial charge is 0.378 e. The predicted octanol–water partition coefficient (Wildman–Crippen LogP) is 3.00. The number of carbonyl (C=O) groups excluding carboxylic acids is 2. The summed E-state index contributed by atoms with van der Waals surface area (Å²) in [6.07, 6.45) is 10.3. The highest BCUT2D eigenvalue weighted by molar-refractivity contribution is 5.80. The standard InChI is InChI=1S/C24H22N6O2/c1-15(32)30-7-5-16-8-20(3-2-18(16)12-30)28-24-23-17(4-6-27-22(23)13-31)9-21(29-24)19-10-25-14-26-11-19/h2-4,6,8-11,13-14,22,27H,5,7,12H2,1H3,(H,28,29). The fraction of sp³-hybridized carbons (Fsp3) is 0.208. The number of carbonyl (C=O) groups is 2. The number of aldehydes is 1. The molecule has 8 nitrogen and oxygen atoms in total. The van der Waals surface area contributed by atoms with E-state index in [1.54, 1.807) is 25.5 Å². The molecule has 1 amide bonds. The molecule has 160 valence electrons. The normalized spacial score (nSPS) is 16.5. The van der Waals surface area contributed by atoms with E-state index in [1.807, 2.05) is 29.2 Å². The SMILES string of the molecule is CC(=O)N1CCc2cc(Nc3nc(-c4cncnc4)cc4c3C(C=O)NC=C4)ccc2C1. The fourth-order valence-corrected chi connectivity index (χ4v) is 4.18. The van der Waals surface area contributed by atoms with Gasteiger partial charge in [0.15, 0.2) is 0 Å². The van der Waals surface area contributed by atoms with Gasteiger partial charge < -0.3 is 20.3 Å². The van der Waals surface area contributed by atoms with Crippen molar-refractivity contribution in [2.24, 2.45) is 0 Å². The highest BCUT2D eigenvalue weighted by Gasteiger charge is 2.24. The molecule has 8 heteroatoms. The van der Waals surface area contributed by atoms with Crippen molar-refractivity contribution in [3.8, 4) is 11.3 Å². The fourth-order valence-electron chi connectivity index (χ4n) is 4.18. The van der Waals surface area contributed by atoms with Gasteiger partial charge in [0.25, 0.3) is 0 Å². The molecular formula is C24H22N6O2. The molecule has 0 fully saturated rings. The number of anilines is 2. The summed E-state index contributed by atoms with van der Waals surface area (Å²) in [5, 5.41) is 6.51. The van der Waals surface area contributed by atoms with Crippen molar-refractivity contribution < 1.29 is 9.59 Å². The van der Waals surface area contributed by atoms with Crippen LogP contribution in [-0.4, -0.2) is 38.6 Å². The van der Waals surface area contributed by atoms with Crippen molar-refractivity contribution in [3.63, 3.8) is 0 Å². The number of fused-ring (bicyclic) bond motifs is 2. The average molecular weight is 426 g/mol. The first-order valence-corrected chi connectivity index (χ1v) is 10.4. The van der Waals surface area contributed by atoms with Crippen LogP contribution in [0.4, 0.5) is 11.5 Å². The molecule has 32 heavy (non-hydrogen) atoms. The number of benzene rings is 1. The zero-order chi connectivity index (χ0) is 22.1. The summed E-state index contributed by atoms with van der Waals surface area (Å²) < 4.78 is 0. The van der Waals surface area contributed by atoms with Crippen LogP contribution >= 0.6 is 0 Å². The number of rotatable bonds is 4. The minimum Gasteiger partial charge on any atom is -0.378 e. The Labute approximate surface area is 185 Å². The summed E-state index contributed by atoms with van der Waals surface area (Å²) in [5.41, 5.74) is 6.46. The van der Waals surface area contributed by atoms with Crippen molar-refractivity contribution in [1.82, 2.24) is 25.2 Å². The highest BCUT2D eigenvalue weighted by atomic mass is 16.2. The Morgan fingerprint density at radius 2 is 2.06 bits per heavy atom. The molecule has 2 N–H and O–H groups in total. The van der Waals surface area contributed by atoms with Crippen molar-refractivity contribution in [2.45, 2.75) is 25.9 Å². The van der Waals surface area contributed by atoms with E-state index in [9.17, 15) is 9.59 Å². The smallest absolute Gasteiger partial charge is 0.219 e. The monoisotopic (exact) mass is 426 g/mol. The molecule has 3 aromatic rings. The molecule has 1 aromatic carbocycles. The summed E-state index contributed by atoms with van der Waals surface area (Å²) in [6.45, 7) is 2.95. The minimum absolute atomic E-state index is 0.0934. The molecule has 4 heterocycles. The molecule has 0 bridgehead atoms. The molecule has 0 spiro atoms. The second-order valence-electron chi connectivity index (χ2n) is 7.90. The van der Waals surface area contributed by atoms with Crippen molar-refractivity contribution in [2.75, 3.05) is 11.9 Å². The molecule has 2 aliphatic rings. The van der Waals surface area contributed by atoms with Crippen LogP contribution in [0.5, 0.6) is 0 Å². The van der Waals surface area contributed by atoms with Gasteiger partial charge in [-0.15, -0.1) is 0 Å². The Balaban J connectivity index is 1.54. The van der Waals surface area contributed by atoms with Crippen LogP contribution in [0, 0.1) is 0 Å². The van der Waals surface area contributed by atoms with Gasteiger partial charge >= 0.3 is 0 Å². The molecule has 5 rings (SSSR count). The van der Waals surface area contributed by atoms with E-state index in [-0.39, 0.29) is 5.91 Å². The Bertz CT molecular complexity index is 1220. The third-order valence-electron chi connectivity index (χ3n) is 5.86. The first kappa shape index (κ1) is 19.9. The van der Waals surface area contributed by atoms with Gasteiger partial charge in [0.05, 0.1) is 5.69 Å². The van der Waals surface area contributed by atoms with Gasteiger partial charge in [-0.1, -0.05) is 6.07 Å². The average Bonchev–Trinajstić information content (AvgIpc) is 2.83. The summed E-state index contributed by atoms with van der Waals surface area (Å²) in [5.74, 6) is 0.701. The van der Waals surface area contributed by atoms with Gasteiger partial charge in [0.2, 0.25) is 5.91 Å². The molecular weight excluding hydrogens is 404 g/mol. The third-order valence-corrected chi connectivity index (χ3v) is 5.86. The predicted molar refractivity (Wildman–Crippen MR) is 121 cm³/mol. The molecule has 0 saturated heterocycles. The quantitative estimate of drug-likeness (QED) is 0.619. The molecule has 1 atom stereocenters. The van der Waals surface area contributed by atoms with Gasteiger partial charge in [0.1, 0.15) is 24.5 Å². The summed E-state index contributed by atoms with van der Waals surface area (Å²) in [6, 6.07) is 7.57. The van der Waals surface area contributed by atoms with Crippen molar-refractivity contribution in [1.29, 1.82) is 0 Å². The van der Waals surface area contributed by atoms with Crippen molar-refractivity contribution in [3.05, 3.63) is 71.4 Å². The van der Waals surface area contributed by atoms with E-state index in [4.69, 9.17) is 4.98 Å². The zero-order valence-electron chi connectivity index (χ0n) is 17.6. The van der Waals surface area contributed by atoms with E-state index < -0.39 is 6.04 Å². The topological polar surface area (TPSA) is 100 Å². The Morgan fingerprint density at radius 1 is 1.22 bits per heavy atom. The summed E-state index contributed by atoms with van der Waals surface area (Å²) in [7, 11) is 0. The maximum Gasteiger partial charge on any atom is 0.219 e. The van der Waals surface area contributed by atoms with Crippen LogP contribution < -0.4 is 10.6 Å². The van der Waals surface area contributed by atoms with E-state index >= 15 is 0 Å². The van der Waals surface area contributed by atoms with Crippen LogP contribution in [0.25, 0.3) is 17.3 Å². The molecule has 1 unspecified atom stereocenters. The maximum absolute atomic E-state index is 11.8. The number of hydrogen-bond donors (Lipinski definition) is 2. The lowest BCUT2D eigenvalue weighted by Crippen LogP contribution is -2.34. The Morgan fingerprint density at radius 3 is 2.84 bits per heavy atom. The summed E-state index contributed by atoms with van der Waals surface area (Å²) in [4.78, 5) is 38.3. The lowest BCUT2D eigenvalue weighted by Gasteiger charge is -2.28. The maximum atomic E-state index is 11.8. The molecule has 2 aromatic heterocycles. The molecule has 0 aliphatic carbocycles. The van der Waals surface area contributed by atoms with Gasteiger partial charge in [-0.2, -0.15) is 0 Å². The van der Waals surface area contributed by atoms with E-state index in [1.165, 1.54) is 11.9 Å². The van der Waals surface area contributed by atoms with E-state index in [0.717, 1.165) is 46.3 Å². The number of pyridine rings is 1. The summed E-state index contributed by atoms with van der Waals surface area (Å²) >= 11 is 0. The lowest BCUT2D eigenvalue weighted by atomic mass is 9.96. The van der Waals surface area contributed by atoms with Crippen molar-refractivity contribution >= 4 is 29.8 Å². The molecule has 0 saturated carbocycles. The number of nitrogens with one attached hydrogen (secondary N) is 2. The second kappa shape index (κ2) is 8.22. The first-order chi connectivity index (χ1) is 15.6. The van der Waals surface area contributed by atoms with Gasteiger partial charge in [-0.3, -0.25) is 4.79 Å². The van der Waals surface area contributed by atoms with Crippen LogP contribution in [0.2, 0.25) is 0 Å². The molecule has 0 radical (unpaired) electrons. The highest BCUT2D eigenvalue weighted by Crippen LogP contribution is 2.34. The van der Waals surface area contributed by atoms with Crippen LogP contribution in [0.3, 0.4) is 0 Å². The van der Waals surface area contributed by atoms with Crippen LogP contribution in [0.1, 0.15) is 35.2 Å². The first-order valence-electron chi connectivity index (χ1n) is 10.4. The number of hydrogen-bond acceptors (Lipinski definition) is 7.